The van der Waals surface area contributed by atoms with Crippen LogP contribution in [0.3, 0.4) is 0 Å². The number of benzene rings is 1. The van der Waals surface area contributed by atoms with Crippen molar-refractivity contribution in [2.75, 3.05) is 13.1 Å². The smallest absolute Gasteiger partial charge is 0.242 e. The predicted octanol–water partition coefficient (Wildman–Crippen LogP) is 3.54. The van der Waals surface area contributed by atoms with Gasteiger partial charge in [0.05, 0.1) is 25.8 Å². The summed E-state index contributed by atoms with van der Waals surface area (Å²) in [6.45, 7) is 4.54. The molecule has 2 heterocycles. The molecule has 0 saturated carbocycles. The molecule has 0 aliphatic heterocycles. The van der Waals surface area contributed by atoms with Crippen molar-refractivity contribution in [2.24, 2.45) is 7.05 Å². The lowest BCUT2D eigenvalue weighted by Gasteiger charge is -2.27. The molecule has 1 aromatic carbocycles. The summed E-state index contributed by atoms with van der Waals surface area (Å²) in [6, 6.07) is 13.2. The van der Waals surface area contributed by atoms with E-state index in [4.69, 9.17) is 4.42 Å². The van der Waals surface area contributed by atoms with E-state index in [1.807, 2.05) is 36.0 Å². The Bertz CT molecular complexity index is 1010. The third-order valence-electron chi connectivity index (χ3n) is 4.98. The normalized spacial score (nSPS) is 10.6. The molecule has 0 fully saturated rings. The minimum Gasteiger partial charge on any atom is -0.467 e. The highest BCUT2D eigenvalue weighted by Gasteiger charge is 2.22. The molecule has 6 nitrogen and oxygen atoms in total. The Labute approximate surface area is 181 Å². The molecule has 0 radical (unpaired) electrons. The van der Waals surface area contributed by atoms with Crippen LogP contribution in [0.5, 0.6) is 0 Å². The summed E-state index contributed by atoms with van der Waals surface area (Å²) in [6.07, 6.45) is 5.15. The molecule has 0 unspecified atom stereocenters. The molecular weight excluding hydrogens is 397 g/mol. The van der Waals surface area contributed by atoms with Gasteiger partial charge in [0.25, 0.3) is 0 Å². The molecule has 2 aromatic heterocycles. The van der Waals surface area contributed by atoms with Crippen LogP contribution < -0.4 is 0 Å². The summed E-state index contributed by atoms with van der Waals surface area (Å²) in [5, 5.41) is 0. The van der Waals surface area contributed by atoms with Gasteiger partial charge in [-0.2, -0.15) is 0 Å². The Morgan fingerprint density at radius 3 is 2.45 bits per heavy atom. The van der Waals surface area contributed by atoms with Crippen LogP contribution in [-0.2, 0) is 36.1 Å². The molecule has 0 atom stereocenters. The van der Waals surface area contributed by atoms with Crippen molar-refractivity contribution in [3.05, 3.63) is 96.5 Å². The molecule has 3 rings (SSSR count). The van der Waals surface area contributed by atoms with Crippen molar-refractivity contribution in [1.29, 1.82) is 0 Å². The van der Waals surface area contributed by atoms with Crippen LogP contribution in [0.2, 0.25) is 0 Å². The number of halogens is 1. The van der Waals surface area contributed by atoms with Gasteiger partial charge in [-0.1, -0.05) is 18.2 Å². The first-order valence-electron chi connectivity index (χ1n) is 9.99. The number of carbonyl (C=O) groups excluding carboxylic acids is 2. The van der Waals surface area contributed by atoms with E-state index in [0.29, 0.717) is 24.4 Å². The van der Waals surface area contributed by atoms with Gasteiger partial charge in [0.2, 0.25) is 11.8 Å². The zero-order chi connectivity index (χ0) is 22.2. The number of carbonyl (C=O) groups is 2. The first kappa shape index (κ1) is 22.1. The van der Waals surface area contributed by atoms with Crippen LogP contribution in [0.1, 0.15) is 17.0 Å². The molecule has 3 aromatic rings. The highest BCUT2D eigenvalue weighted by molar-refractivity contribution is 5.86. The summed E-state index contributed by atoms with van der Waals surface area (Å²) in [5.74, 6) is -0.123. The quantitative estimate of drug-likeness (QED) is 0.469. The highest BCUT2D eigenvalue weighted by atomic mass is 19.1. The fourth-order valence-electron chi connectivity index (χ4n) is 3.24. The zero-order valence-electron chi connectivity index (χ0n) is 17.5. The van der Waals surface area contributed by atoms with Gasteiger partial charge in [-0.15, -0.1) is 6.58 Å². The van der Waals surface area contributed by atoms with Crippen molar-refractivity contribution < 1.29 is 18.4 Å². The van der Waals surface area contributed by atoms with Crippen molar-refractivity contribution in [2.45, 2.75) is 19.5 Å². The lowest BCUT2D eigenvalue weighted by atomic mass is 10.1. The minimum atomic E-state index is -0.358. The van der Waals surface area contributed by atoms with Gasteiger partial charge in [-0.25, -0.2) is 4.39 Å². The highest BCUT2D eigenvalue weighted by Crippen LogP contribution is 2.13. The molecule has 31 heavy (non-hydrogen) atoms. The molecular formula is C24H26FN3O3. The molecule has 7 heteroatoms. The van der Waals surface area contributed by atoms with E-state index in [1.165, 1.54) is 17.0 Å². The summed E-state index contributed by atoms with van der Waals surface area (Å²) in [5.41, 5.74) is 1.65. The van der Waals surface area contributed by atoms with Gasteiger partial charge < -0.3 is 18.8 Å². The average Bonchev–Trinajstić information content (AvgIpc) is 3.40. The number of hydrogen-bond acceptors (Lipinski definition) is 3. The maximum Gasteiger partial charge on any atom is 0.242 e. The van der Waals surface area contributed by atoms with Crippen molar-refractivity contribution >= 4 is 11.8 Å². The van der Waals surface area contributed by atoms with Crippen LogP contribution in [0.4, 0.5) is 4.39 Å². The van der Waals surface area contributed by atoms with Gasteiger partial charge in [-0.05, 0) is 42.0 Å². The largest absolute Gasteiger partial charge is 0.467 e. The van der Waals surface area contributed by atoms with Gasteiger partial charge in [0.15, 0.2) is 0 Å². The number of nitrogens with zero attached hydrogens (tertiary/aromatic N) is 3. The van der Waals surface area contributed by atoms with Gasteiger partial charge in [0.1, 0.15) is 18.1 Å². The van der Waals surface area contributed by atoms with Crippen LogP contribution in [-0.4, -0.2) is 39.3 Å². The van der Waals surface area contributed by atoms with Crippen LogP contribution in [0.25, 0.3) is 0 Å². The Morgan fingerprint density at radius 2 is 1.84 bits per heavy atom. The van der Waals surface area contributed by atoms with Crippen molar-refractivity contribution in [1.82, 2.24) is 14.4 Å². The van der Waals surface area contributed by atoms with Crippen LogP contribution in [0, 0.1) is 5.82 Å². The second-order valence-corrected chi connectivity index (χ2v) is 7.31. The molecule has 0 aliphatic carbocycles. The maximum absolute atomic E-state index is 13.2. The Morgan fingerprint density at radius 1 is 1.06 bits per heavy atom. The fraction of sp³-hybridized carbons (Fsp3) is 0.250. The summed E-state index contributed by atoms with van der Waals surface area (Å²) in [4.78, 5) is 29.1. The lowest BCUT2D eigenvalue weighted by molar-refractivity contribution is -0.140. The predicted molar refractivity (Wildman–Crippen MR) is 115 cm³/mol. The number of aromatic nitrogens is 1. The van der Waals surface area contributed by atoms with E-state index < -0.39 is 0 Å². The topological polar surface area (TPSA) is 58.7 Å². The lowest BCUT2D eigenvalue weighted by Crippen LogP contribution is -2.43. The number of furan rings is 1. The van der Waals surface area contributed by atoms with E-state index in [1.54, 1.807) is 35.4 Å². The van der Waals surface area contributed by atoms with E-state index in [2.05, 4.69) is 6.58 Å². The summed E-state index contributed by atoms with van der Waals surface area (Å²) < 4.78 is 20.5. The minimum absolute atomic E-state index is 0.0807. The van der Waals surface area contributed by atoms with Crippen LogP contribution >= 0.6 is 0 Å². The van der Waals surface area contributed by atoms with Gasteiger partial charge in [0, 0.05) is 25.5 Å². The average molecular weight is 423 g/mol. The van der Waals surface area contributed by atoms with E-state index in [-0.39, 0.29) is 37.1 Å². The molecule has 0 N–H and O–H groups in total. The Hall–Kier alpha value is -3.61. The summed E-state index contributed by atoms with van der Waals surface area (Å²) >= 11 is 0. The fourth-order valence-corrected chi connectivity index (χ4v) is 3.24. The van der Waals surface area contributed by atoms with Crippen molar-refractivity contribution in [3.8, 4) is 0 Å². The monoisotopic (exact) mass is 423 g/mol. The number of amides is 2. The maximum atomic E-state index is 13.2. The molecule has 0 bridgehead atoms. The second-order valence-electron chi connectivity index (χ2n) is 7.31. The number of hydrogen-bond donors (Lipinski definition) is 0. The van der Waals surface area contributed by atoms with Gasteiger partial charge in [-0.3, -0.25) is 9.59 Å². The molecule has 0 spiro atoms. The van der Waals surface area contributed by atoms with Crippen LogP contribution in [0.15, 0.2) is 78.1 Å². The zero-order valence-corrected chi connectivity index (χ0v) is 17.5. The van der Waals surface area contributed by atoms with Gasteiger partial charge >= 0.3 is 0 Å². The molecule has 2 amide bonds. The summed E-state index contributed by atoms with van der Waals surface area (Å²) in [7, 11) is 1.92. The molecule has 0 aliphatic rings. The van der Waals surface area contributed by atoms with E-state index >= 15 is 0 Å². The Balaban J connectivity index is 1.72. The van der Waals surface area contributed by atoms with E-state index in [9.17, 15) is 14.0 Å². The Kier molecular flexibility index (Phi) is 7.43. The SMILES string of the molecule is C=CCN(CC(=O)N(Cc1ccco1)Cc1cccn1C)C(=O)Cc1ccc(F)cc1. The second kappa shape index (κ2) is 10.4. The van der Waals surface area contributed by atoms with E-state index in [0.717, 1.165) is 5.69 Å². The molecule has 162 valence electrons. The first-order chi connectivity index (χ1) is 15.0. The first-order valence-corrected chi connectivity index (χ1v) is 9.99. The standard InChI is InChI=1S/C24H26FN3O3/c1-3-12-27(23(29)15-19-8-10-20(25)11-9-19)18-24(30)28(17-22-7-5-14-31-22)16-21-6-4-13-26(21)2/h3-11,13-14H,1,12,15-18H2,2H3. The van der Waals surface area contributed by atoms with Crippen molar-refractivity contribution in [3.63, 3.8) is 0 Å². The number of rotatable bonds is 10. The molecule has 0 saturated heterocycles. The number of aryl methyl sites for hydroxylation is 1. The third-order valence-corrected chi connectivity index (χ3v) is 4.98. The third kappa shape index (κ3) is 6.18.